The van der Waals surface area contributed by atoms with E-state index in [0.717, 1.165) is 43.3 Å². The van der Waals surface area contributed by atoms with Gasteiger partial charge in [0.05, 0.1) is 6.61 Å². The fourth-order valence-electron chi connectivity index (χ4n) is 5.42. The zero-order valence-corrected chi connectivity index (χ0v) is 18.4. The van der Waals surface area contributed by atoms with Gasteiger partial charge in [-0.05, 0) is 99.5 Å². The Morgan fingerprint density at radius 2 is 1.46 bits per heavy atom. The van der Waals surface area contributed by atoms with Gasteiger partial charge in [0, 0.05) is 6.61 Å². The molecular formula is C27H42O. The van der Waals surface area contributed by atoms with E-state index in [9.17, 15) is 0 Å². The molecule has 2 aliphatic rings. The standard InChI is InChI=1S/C27H42O/c1-3-5-22-6-8-23(9-7-22)10-11-24-12-16-26(17-13-24)27-18-14-25(15-19-27)21-28-20-4-2/h3,5,14-15,18-19,22-24,26H,4,6-13,16-17,20-21H2,1-2H3/b5-3-. The Labute approximate surface area is 174 Å². The van der Waals surface area contributed by atoms with Gasteiger partial charge in [0.1, 0.15) is 0 Å². The van der Waals surface area contributed by atoms with E-state index < -0.39 is 0 Å². The molecular weight excluding hydrogens is 340 g/mol. The van der Waals surface area contributed by atoms with Crippen LogP contribution in [-0.4, -0.2) is 6.61 Å². The largest absolute Gasteiger partial charge is 0.377 e. The Hall–Kier alpha value is -1.08. The lowest BCUT2D eigenvalue weighted by Crippen LogP contribution is -2.17. The quantitative estimate of drug-likeness (QED) is 0.310. The third kappa shape index (κ3) is 6.76. The lowest BCUT2D eigenvalue weighted by Gasteiger charge is -2.31. The van der Waals surface area contributed by atoms with Crippen molar-refractivity contribution < 1.29 is 4.74 Å². The molecule has 0 saturated heterocycles. The highest BCUT2D eigenvalue weighted by molar-refractivity contribution is 5.25. The average Bonchev–Trinajstić information content (AvgIpc) is 2.75. The zero-order chi connectivity index (χ0) is 19.6. The summed E-state index contributed by atoms with van der Waals surface area (Å²) in [4.78, 5) is 0. The molecule has 1 heteroatoms. The highest BCUT2D eigenvalue weighted by Gasteiger charge is 2.24. The first-order chi connectivity index (χ1) is 13.8. The average molecular weight is 383 g/mol. The Morgan fingerprint density at radius 1 is 0.857 bits per heavy atom. The van der Waals surface area contributed by atoms with Crippen LogP contribution in [0.3, 0.4) is 0 Å². The first-order valence-electron chi connectivity index (χ1n) is 12.1. The topological polar surface area (TPSA) is 9.23 Å². The van der Waals surface area contributed by atoms with Gasteiger partial charge in [-0.2, -0.15) is 0 Å². The van der Waals surface area contributed by atoms with Gasteiger partial charge in [0.15, 0.2) is 0 Å². The van der Waals surface area contributed by atoms with E-state index in [0.29, 0.717) is 0 Å². The van der Waals surface area contributed by atoms with Crippen molar-refractivity contribution >= 4 is 0 Å². The Kier molecular flexibility index (Phi) is 9.12. The van der Waals surface area contributed by atoms with E-state index in [4.69, 9.17) is 4.74 Å². The molecule has 2 saturated carbocycles. The maximum absolute atomic E-state index is 5.66. The molecule has 0 heterocycles. The molecule has 1 aromatic carbocycles. The molecule has 0 bridgehead atoms. The molecule has 0 aliphatic heterocycles. The van der Waals surface area contributed by atoms with Crippen molar-refractivity contribution in [3.8, 4) is 0 Å². The zero-order valence-electron chi connectivity index (χ0n) is 18.4. The number of rotatable bonds is 9. The van der Waals surface area contributed by atoms with Crippen LogP contribution < -0.4 is 0 Å². The van der Waals surface area contributed by atoms with Crippen molar-refractivity contribution in [2.24, 2.45) is 17.8 Å². The van der Waals surface area contributed by atoms with Crippen molar-refractivity contribution in [2.45, 2.75) is 97.0 Å². The minimum atomic E-state index is 0.761. The van der Waals surface area contributed by atoms with E-state index in [1.807, 2.05) is 0 Å². The van der Waals surface area contributed by atoms with E-state index >= 15 is 0 Å². The summed E-state index contributed by atoms with van der Waals surface area (Å²) in [5.41, 5.74) is 2.87. The molecule has 0 unspecified atom stereocenters. The summed E-state index contributed by atoms with van der Waals surface area (Å²) >= 11 is 0. The smallest absolute Gasteiger partial charge is 0.0716 e. The first-order valence-corrected chi connectivity index (χ1v) is 12.1. The second kappa shape index (κ2) is 11.8. The predicted molar refractivity (Wildman–Crippen MR) is 121 cm³/mol. The Bertz CT molecular complexity index is 556. The SMILES string of the molecule is C/C=C\C1CCC(CCC2CCC(c3ccc(COCCC)cc3)CC2)CC1. The van der Waals surface area contributed by atoms with Crippen molar-refractivity contribution in [1.82, 2.24) is 0 Å². The van der Waals surface area contributed by atoms with Crippen molar-refractivity contribution in [3.63, 3.8) is 0 Å². The summed E-state index contributed by atoms with van der Waals surface area (Å²) in [5.74, 6) is 3.67. The van der Waals surface area contributed by atoms with Crippen molar-refractivity contribution in [2.75, 3.05) is 6.61 Å². The van der Waals surface area contributed by atoms with Crippen LogP contribution in [0.5, 0.6) is 0 Å². The number of allylic oxidation sites excluding steroid dienone is 2. The molecule has 1 aromatic rings. The molecule has 0 N–H and O–H groups in total. The van der Waals surface area contributed by atoms with Crippen LogP contribution in [-0.2, 0) is 11.3 Å². The Balaban J connectivity index is 1.34. The number of hydrogen-bond donors (Lipinski definition) is 0. The molecule has 0 radical (unpaired) electrons. The minimum Gasteiger partial charge on any atom is -0.377 e. The van der Waals surface area contributed by atoms with E-state index in [2.05, 4.69) is 50.3 Å². The van der Waals surface area contributed by atoms with Gasteiger partial charge >= 0.3 is 0 Å². The van der Waals surface area contributed by atoms with Crippen molar-refractivity contribution in [1.29, 1.82) is 0 Å². The van der Waals surface area contributed by atoms with Crippen LogP contribution in [0.2, 0.25) is 0 Å². The highest BCUT2D eigenvalue weighted by Crippen LogP contribution is 2.40. The molecule has 1 nitrogen and oxygen atoms in total. The van der Waals surface area contributed by atoms with Crippen LogP contribution in [0.1, 0.15) is 102 Å². The number of ether oxygens (including phenoxy) is 1. The minimum absolute atomic E-state index is 0.761. The maximum Gasteiger partial charge on any atom is 0.0716 e. The lowest BCUT2D eigenvalue weighted by atomic mass is 9.74. The summed E-state index contributed by atoms with van der Waals surface area (Å²) in [6, 6.07) is 9.28. The Morgan fingerprint density at radius 3 is 2.04 bits per heavy atom. The van der Waals surface area contributed by atoms with Crippen LogP contribution >= 0.6 is 0 Å². The van der Waals surface area contributed by atoms with E-state index in [-0.39, 0.29) is 0 Å². The van der Waals surface area contributed by atoms with Gasteiger partial charge in [-0.15, -0.1) is 0 Å². The van der Waals surface area contributed by atoms with Crippen LogP contribution in [0, 0.1) is 17.8 Å². The molecule has 0 aromatic heterocycles. The summed E-state index contributed by atoms with van der Waals surface area (Å²) in [5, 5.41) is 0. The lowest BCUT2D eigenvalue weighted by molar-refractivity contribution is 0.121. The van der Waals surface area contributed by atoms with Gasteiger partial charge in [0.25, 0.3) is 0 Å². The third-order valence-electron chi connectivity index (χ3n) is 7.25. The van der Waals surface area contributed by atoms with Gasteiger partial charge in [-0.1, -0.05) is 56.2 Å². The molecule has 0 amide bonds. The molecule has 0 spiro atoms. The van der Waals surface area contributed by atoms with Crippen LogP contribution in [0.15, 0.2) is 36.4 Å². The monoisotopic (exact) mass is 382 g/mol. The van der Waals surface area contributed by atoms with Gasteiger partial charge in [0.2, 0.25) is 0 Å². The summed E-state index contributed by atoms with van der Waals surface area (Å²) < 4.78 is 5.66. The van der Waals surface area contributed by atoms with Gasteiger partial charge in [-0.25, -0.2) is 0 Å². The molecule has 3 rings (SSSR count). The summed E-state index contributed by atoms with van der Waals surface area (Å²) in [7, 11) is 0. The predicted octanol–water partition coefficient (Wildman–Crippen LogP) is 8.05. The van der Waals surface area contributed by atoms with Gasteiger partial charge < -0.3 is 4.74 Å². The molecule has 0 atom stereocenters. The molecule has 2 fully saturated rings. The summed E-state index contributed by atoms with van der Waals surface area (Å²) in [6.45, 7) is 5.95. The van der Waals surface area contributed by atoms with Crippen LogP contribution in [0.25, 0.3) is 0 Å². The highest BCUT2D eigenvalue weighted by atomic mass is 16.5. The van der Waals surface area contributed by atoms with Crippen LogP contribution in [0.4, 0.5) is 0 Å². The summed E-state index contributed by atoms with van der Waals surface area (Å²) in [6.07, 6.45) is 20.2. The number of hydrogen-bond acceptors (Lipinski definition) is 1. The fraction of sp³-hybridized carbons (Fsp3) is 0.704. The van der Waals surface area contributed by atoms with E-state index in [1.165, 1.54) is 69.8 Å². The van der Waals surface area contributed by atoms with Crippen molar-refractivity contribution in [3.05, 3.63) is 47.5 Å². The number of benzene rings is 1. The molecule has 2 aliphatic carbocycles. The third-order valence-corrected chi connectivity index (χ3v) is 7.25. The first kappa shape index (κ1) is 21.6. The molecule has 156 valence electrons. The van der Waals surface area contributed by atoms with E-state index in [1.54, 1.807) is 5.56 Å². The molecule has 28 heavy (non-hydrogen) atoms. The second-order valence-electron chi connectivity index (χ2n) is 9.40. The fourth-order valence-corrected chi connectivity index (χ4v) is 5.42. The second-order valence-corrected chi connectivity index (χ2v) is 9.40. The van der Waals surface area contributed by atoms with Gasteiger partial charge in [-0.3, -0.25) is 0 Å². The maximum atomic E-state index is 5.66. The normalized spacial score (nSPS) is 28.6.